The van der Waals surface area contributed by atoms with Gasteiger partial charge < -0.3 is 0 Å². The monoisotopic (exact) mass is 325 g/mol. The second-order valence-corrected chi connectivity index (χ2v) is 6.34. The largest absolute Gasteiger partial charge is 0.453 e. The first kappa shape index (κ1) is 15.4. The van der Waals surface area contributed by atoms with Crippen LogP contribution in [0.2, 0.25) is 0 Å². The van der Waals surface area contributed by atoms with E-state index >= 15 is 0 Å². The molecule has 0 aliphatic heterocycles. The van der Waals surface area contributed by atoms with Crippen molar-refractivity contribution in [3.05, 3.63) is 91.0 Å². The molecule has 3 rings (SSSR count). The summed E-state index contributed by atoms with van der Waals surface area (Å²) in [5, 5.41) is 1.31. The van der Waals surface area contributed by atoms with Crippen LogP contribution in [-0.4, -0.2) is 0 Å². The number of anilines is 2. The molecule has 0 aliphatic carbocycles. The Kier molecular flexibility index (Phi) is 4.52. The molecular formula is C18H15NO3S+. The zero-order chi connectivity index (χ0) is 16.1. The quantitative estimate of drug-likeness (QED) is 0.510. The molecule has 1 atom stereocenters. The SMILES string of the molecule is [O][S+](=O)(ON(c1ccccc1)c1ccccc1)c1ccccc1. The maximum absolute atomic E-state index is 12.5. The van der Waals surface area contributed by atoms with Gasteiger partial charge in [0, 0.05) is 0 Å². The van der Waals surface area contributed by atoms with Gasteiger partial charge in [0.15, 0.2) is 0 Å². The van der Waals surface area contributed by atoms with E-state index in [-0.39, 0.29) is 4.90 Å². The first-order valence-corrected chi connectivity index (χ1v) is 8.47. The van der Waals surface area contributed by atoms with Gasteiger partial charge in [0.25, 0.3) is 0 Å². The number of benzene rings is 3. The Balaban J connectivity index is 1.99. The molecule has 3 aromatic carbocycles. The zero-order valence-electron chi connectivity index (χ0n) is 12.2. The van der Waals surface area contributed by atoms with Crippen molar-refractivity contribution >= 4 is 21.9 Å². The van der Waals surface area contributed by atoms with E-state index in [4.69, 9.17) is 4.28 Å². The van der Waals surface area contributed by atoms with E-state index in [0.717, 1.165) is 0 Å². The van der Waals surface area contributed by atoms with E-state index in [1.165, 1.54) is 17.2 Å². The van der Waals surface area contributed by atoms with Crippen LogP contribution in [0.3, 0.4) is 0 Å². The summed E-state index contributed by atoms with van der Waals surface area (Å²) in [4.78, 5) is 0.108. The molecule has 0 N–H and O–H groups in total. The van der Waals surface area contributed by atoms with Crippen LogP contribution in [0.1, 0.15) is 0 Å². The molecule has 0 fully saturated rings. The highest BCUT2D eigenvalue weighted by Gasteiger charge is 2.39. The topological polar surface area (TPSA) is 49.4 Å². The lowest BCUT2D eigenvalue weighted by molar-refractivity contribution is 0.257. The van der Waals surface area contributed by atoms with E-state index in [2.05, 4.69) is 0 Å². The predicted molar refractivity (Wildman–Crippen MR) is 89.6 cm³/mol. The number of rotatable bonds is 5. The summed E-state index contributed by atoms with van der Waals surface area (Å²) < 4.78 is 30.5. The van der Waals surface area contributed by atoms with Gasteiger partial charge in [-0.3, -0.25) is 0 Å². The second kappa shape index (κ2) is 6.75. The van der Waals surface area contributed by atoms with Gasteiger partial charge in [-0.15, -0.1) is 0 Å². The Labute approximate surface area is 136 Å². The molecule has 23 heavy (non-hydrogen) atoms. The van der Waals surface area contributed by atoms with E-state index in [0.29, 0.717) is 11.4 Å². The molecule has 4 nitrogen and oxygen atoms in total. The smallest absolute Gasteiger partial charge is 0.169 e. The van der Waals surface area contributed by atoms with Crippen LogP contribution < -0.4 is 5.06 Å². The number of nitrogens with zero attached hydrogens (tertiary/aromatic N) is 1. The summed E-state index contributed by atoms with van der Waals surface area (Å²) in [6.07, 6.45) is 0. The molecule has 115 valence electrons. The fourth-order valence-electron chi connectivity index (χ4n) is 2.09. The summed E-state index contributed by atoms with van der Waals surface area (Å²) >= 11 is 0. The molecule has 3 aromatic rings. The first-order valence-electron chi connectivity index (χ1n) is 7.07. The molecule has 0 aromatic heterocycles. The van der Waals surface area contributed by atoms with Gasteiger partial charge in [-0.2, -0.15) is 5.06 Å². The molecule has 0 saturated heterocycles. The average molecular weight is 325 g/mol. The lowest BCUT2D eigenvalue weighted by Crippen LogP contribution is -2.26. The zero-order valence-corrected chi connectivity index (χ0v) is 13.1. The molecule has 0 bridgehead atoms. The summed E-state index contributed by atoms with van der Waals surface area (Å²) in [5.41, 5.74) is 1.25. The standard InChI is InChI=1S/C18H15NO3S/c20-23(21,18-14-8-3-9-15-18)22-19(16-10-4-1-5-11-16)17-12-6-2-7-13-17/h1-15H/q+1. The van der Waals surface area contributed by atoms with Gasteiger partial charge in [-0.05, 0) is 44.9 Å². The molecule has 5 heteroatoms. The Bertz CT molecular complexity index is 755. The third-order valence-electron chi connectivity index (χ3n) is 3.19. The Morgan fingerprint density at radius 2 is 1.04 bits per heavy atom. The van der Waals surface area contributed by atoms with E-state index in [1.807, 2.05) is 36.4 Å². The van der Waals surface area contributed by atoms with Crippen LogP contribution in [0.25, 0.3) is 0 Å². The minimum atomic E-state index is -3.93. The highest BCUT2D eigenvalue weighted by molar-refractivity contribution is 7.93. The predicted octanol–water partition coefficient (Wildman–Crippen LogP) is 4.58. The van der Waals surface area contributed by atoms with Crippen LogP contribution in [0.15, 0.2) is 95.9 Å². The van der Waals surface area contributed by atoms with Crippen molar-refractivity contribution in [1.29, 1.82) is 0 Å². The Hall–Kier alpha value is -2.47. The molecule has 0 aliphatic rings. The third kappa shape index (κ3) is 3.65. The minimum Gasteiger partial charge on any atom is -0.169 e. The normalized spacial score (nSPS) is 13.3. The molecule has 0 saturated carbocycles. The lowest BCUT2D eigenvalue weighted by atomic mass is 10.2. The van der Waals surface area contributed by atoms with Crippen molar-refractivity contribution in [2.75, 3.05) is 5.06 Å². The van der Waals surface area contributed by atoms with Gasteiger partial charge in [-0.1, -0.05) is 54.6 Å². The van der Waals surface area contributed by atoms with Crippen LogP contribution in [0, 0.1) is 0 Å². The molecular weight excluding hydrogens is 310 g/mol. The second-order valence-electron chi connectivity index (χ2n) is 4.81. The summed E-state index contributed by atoms with van der Waals surface area (Å²) in [6.45, 7) is 0. The minimum absolute atomic E-state index is 0.108. The van der Waals surface area contributed by atoms with Crippen LogP contribution in [0.5, 0.6) is 0 Å². The van der Waals surface area contributed by atoms with Crippen LogP contribution >= 0.6 is 0 Å². The van der Waals surface area contributed by atoms with Crippen molar-refractivity contribution in [2.24, 2.45) is 0 Å². The average Bonchev–Trinajstić information content (AvgIpc) is 2.62. The van der Waals surface area contributed by atoms with Crippen LogP contribution in [-0.2, 0) is 23.5 Å². The molecule has 0 amide bonds. The maximum atomic E-state index is 12.5. The first-order chi connectivity index (χ1) is 11.2. The van der Waals surface area contributed by atoms with Gasteiger partial charge in [-0.25, -0.2) is 0 Å². The van der Waals surface area contributed by atoms with E-state index in [1.54, 1.807) is 42.5 Å². The highest BCUT2D eigenvalue weighted by Crippen LogP contribution is 2.30. The third-order valence-corrected chi connectivity index (χ3v) is 4.38. The van der Waals surface area contributed by atoms with Crippen molar-refractivity contribution in [2.45, 2.75) is 4.90 Å². The maximum Gasteiger partial charge on any atom is 0.453 e. The Morgan fingerprint density at radius 3 is 1.48 bits per heavy atom. The van der Waals surface area contributed by atoms with Gasteiger partial charge in [0.1, 0.15) is 0 Å². The van der Waals surface area contributed by atoms with Gasteiger partial charge >= 0.3 is 10.5 Å². The number of hydrogen-bond acceptors (Lipinski definition) is 3. The fraction of sp³-hybridized carbons (Fsp3) is 0. The van der Waals surface area contributed by atoms with Crippen molar-refractivity contribution in [1.82, 2.24) is 0 Å². The molecule has 1 unspecified atom stereocenters. The van der Waals surface area contributed by atoms with Gasteiger partial charge in [0.2, 0.25) is 4.90 Å². The van der Waals surface area contributed by atoms with E-state index in [9.17, 15) is 8.76 Å². The van der Waals surface area contributed by atoms with E-state index < -0.39 is 10.5 Å². The molecule has 0 spiro atoms. The number of para-hydroxylation sites is 2. The lowest BCUT2D eigenvalue weighted by Gasteiger charge is -2.19. The summed E-state index contributed by atoms with van der Waals surface area (Å²) in [5.74, 6) is 0. The van der Waals surface area contributed by atoms with Crippen molar-refractivity contribution < 1.29 is 13.0 Å². The molecule has 1 radical (unpaired) electrons. The van der Waals surface area contributed by atoms with Gasteiger partial charge in [0.05, 0.1) is 15.9 Å². The summed E-state index contributed by atoms with van der Waals surface area (Å²) in [6, 6.07) is 26.2. The van der Waals surface area contributed by atoms with Crippen LogP contribution in [0.4, 0.5) is 11.4 Å². The Morgan fingerprint density at radius 1 is 0.652 bits per heavy atom. The van der Waals surface area contributed by atoms with Crippen molar-refractivity contribution in [3.8, 4) is 0 Å². The highest BCUT2D eigenvalue weighted by atomic mass is 32.3. The fourth-order valence-corrected chi connectivity index (χ4v) is 3.04. The van der Waals surface area contributed by atoms with Crippen molar-refractivity contribution in [3.63, 3.8) is 0 Å². The molecule has 0 heterocycles. The number of hydrogen-bond donors (Lipinski definition) is 0. The summed E-state index contributed by atoms with van der Waals surface area (Å²) in [7, 11) is -3.93.